The summed E-state index contributed by atoms with van der Waals surface area (Å²) < 4.78 is 13.1. The molecule has 3 rings (SSSR count). The van der Waals surface area contributed by atoms with E-state index in [1.165, 1.54) is 0 Å². The Morgan fingerprint density at radius 3 is 2.48 bits per heavy atom. The summed E-state index contributed by atoms with van der Waals surface area (Å²) in [6.45, 7) is 1.33. The third kappa shape index (κ3) is 6.02. The summed E-state index contributed by atoms with van der Waals surface area (Å²) >= 11 is 6.65. The van der Waals surface area contributed by atoms with Gasteiger partial charge in [-0.05, 0) is 49.4 Å². The van der Waals surface area contributed by atoms with Crippen LogP contribution in [-0.2, 0) is 9.53 Å². The number of carbonyl (C=O) groups is 2. The number of hydrogen-bond acceptors (Lipinski definition) is 6. The van der Waals surface area contributed by atoms with Crippen molar-refractivity contribution in [1.29, 1.82) is 0 Å². The first-order chi connectivity index (χ1) is 14.9. The van der Waals surface area contributed by atoms with Gasteiger partial charge in [-0.1, -0.05) is 37.9 Å². The summed E-state index contributed by atoms with van der Waals surface area (Å²) in [6.07, 6.45) is 0. The molecule has 10 heteroatoms. The van der Waals surface area contributed by atoms with E-state index in [4.69, 9.17) is 9.47 Å². The number of amides is 1. The third-order valence-electron chi connectivity index (χ3n) is 3.91. The van der Waals surface area contributed by atoms with Crippen molar-refractivity contribution < 1.29 is 19.1 Å². The fourth-order valence-electron chi connectivity index (χ4n) is 2.56. The molecule has 0 aliphatic heterocycles. The van der Waals surface area contributed by atoms with Crippen LogP contribution in [0, 0.1) is 0 Å². The lowest BCUT2D eigenvalue weighted by molar-refractivity contribution is -0.118. The van der Waals surface area contributed by atoms with Crippen molar-refractivity contribution in [3.8, 4) is 11.4 Å². The Bertz CT molecular complexity index is 1160. The van der Waals surface area contributed by atoms with Crippen LogP contribution in [0.25, 0.3) is 5.69 Å². The van der Waals surface area contributed by atoms with Crippen molar-refractivity contribution in [3.63, 3.8) is 0 Å². The van der Waals surface area contributed by atoms with Gasteiger partial charge in [0, 0.05) is 14.6 Å². The molecule has 0 saturated carbocycles. The van der Waals surface area contributed by atoms with Crippen molar-refractivity contribution in [1.82, 2.24) is 9.78 Å². The van der Waals surface area contributed by atoms with E-state index >= 15 is 0 Å². The summed E-state index contributed by atoms with van der Waals surface area (Å²) in [6, 6.07) is 15.0. The number of anilines is 1. The molecule has 0 spiro atoms. The highest BCUT2D eigenvalue weighted by Gasteiger charge is 2.20. The summed E-state index contributed by atoms with van der Waals surface area (Å²) in [5.74, 6) is -1.37. The second kappa shape index (κ2) is 10.4. The second-order valence-electron chi connectivity index (χ2n) is 6.15. The van der Waals surface area contributed by atoms with Gasteiger partial charge in [0.25, 0.3) is 11.5 Å². The molecule has 0 bridgehead atoms. The van der Waals surface area contributed by atoms with Crippen LogP contribution < -0.4 is 15.6 Å². The van der Waals surface area contributed by atoms with Gasteiger partial charge < -0.3 is 14.8 Å². The number of carbonyl (C=O) groups excluding carboxylic acids is 2. The van der Waals surface area contributed by atoms with Gasteiger partial charge in [0.15, 0.2) is 12.4 Å². The van der Waals surface area contributed by atoms with Crippen LogP contribution in [0.1, 0.15) is 17.4 Å². The van der Waals surface area contributed by atoms with E-state index in [0.717, 1.165) is 19.7 Å². The minimum absolute atomic E-state index is 0.111. The normalized spacial score (nSPS) is 10.4. The van der Waals surface area contributed by atoms with Crippen LogP contribution in [0.3, 0.4) is 0 Å². The van der Waals surface area contributed by atoms with E-state index in [-0.39, 0.29) is 18.1 Å². The fraction of sp³-hybridized carbons (Fsp3) is 0.143. The maximum atomic E-state index is 12.6. The van der Waals surface area contributed by atoms with Crippen LogP contribution >= 0.6 is 31.9 Å². The van der Waals surface area contributed by atoms with Gasteiger partial charge in [0.2, 0.25) is 5.69 Å². The number of halogens is 2. The van der Waals surface area contributed by atoms with Gasteiger partial charge >= 0.3 is 5.97 Å². The molecule has 160 valence electrons. The van der Waals surface area contributed by atoms with Crippen molar-refractivity contribution in [2.75, 3.05) is 18.5 Å². The molecule has 8 nitrogen and oxygen atoms in total. The Morgan fingerprint density at radius 1 is 1.06 bits per heavy atom. The minimum atomic E-state index is -0.769. The molecule has 0 unspecified atom stereocenters. The first kappa shape index (κ1) is 22.7. The van der Waals surface area contributed by atoms with Crippen LogP contribution in [0.2, 0.25) is 0 Å². The number of nitrogens with zero attached hydrogens (tertiary/aromatic N) is 2. The van der Waals surface area contributed by atoms with Gasteiger partial charge in [-0.2, -0.15) is 9.78 Å². The molecule has 0 atom stereocenters. The quantitative estimate of drug-likeness (QED) is 0.447. The summed E-state index contributed by atoms with van der Waals surface area (Å²) in [7, 11) is 0. The van der Waals surface area contributed by atoms with Crippen molar-refractivity contribution in [2.45, 2.75) is 6.92 Å². The molecule has 0 radical (unpaired) electrons. The molecule has 0 aliphatic carbocycles. The Kier molecular flexibility index (Phi) is 7.59. The van der Waals surface area contributed by atoms with Gasteiger partial charge in [0.1, 0.15) is 0 Å². The van der Waals surface area contributed by atoms with Gasteiger partial charge in [-0.25, -0.2) is 4.79 Å². The number of rotatable bonds is 7. The van der Waals surface area contributed by atoms with Crippen LogP contribution in [-0.4, -0.2) is 34.9 Å². The van der Waals surface area contributed by atoms with Crippen molar-refractivity contribution in [3.05, 3.63) is 79.6 Å². The second-order valence-corrected chi connectivity index (χ2v) is 7.98. The third-order valence-corrected chi connectivity index (χ3v) is 4.93. The van der Waals surface area contributed by atoms with Gasteiger partial charge in [0.05, 0.1) is 18.4 Å². The summed E-state index contributed by atoms with van der Waals surface area (Å²) in [5, 5.41) is 6.78. The molecular weight excluding hydrogens is 534 g/mol. The number of benzene rings is 2. The molecule has 2 aromatic carbocycles. The van der Waals surface area contributed by atoms with Gasteiger partial charge in [-0.15, -0.1) is 0 Å². The monoisotopic (exact) mass is 549 g/mol. The largest absolute Gasteiger partial charge is 0.481 e. The first-order valence-corrected chi connectivity index (χ1v) is 10.7. The Morgan fingerprint density at radius 2 is 1.81 bits per heavy atom. The zero-order chi connectivity index (χ0) is 22.4. The Labute approximate surface area is 194 Å². The van der Waals surface area contributed by atoms with Crippen molar-refractivity contribution >= 4 is 49.4 Å². The van der Waals surface area contributed by atoms with Crippen LogP contribution in [0.15, 0.2) is 68.3 Å². The summed E-state index contributed by atoms with van der Waals surface area (Å²) in [5.41, 5.74) is 0.280. The molecular formula is C21H17Br2N3O5. The average molecular weight is 551 g/mol. The number of aromatic nitrogens is 2. The molecule has 1 N–H and O–H groups in total. The highest BCUT2D eigenvalue weighted by Crippen LogP contribution is 2.19. The highest BCUT2D eigenvalue weighted by atomic mass is 79.9. The molecule has 0 saturated heterocycles. The van der Waals surface area contributed by atoms with E-state index in [0.29, 0.717) is 11.4 Å². The topological polar surface area (TPSA) is 99.5 Å². The summed E-state index contributed by atoms with van der Waals surface area (Å²) in [4.78, 5) is 37.2. The number of hydrogen-bond donors (Lipinski definition) is 1. The molecule has 1 amide bonds. The standard InChI is InChI=1S/C21H17Br2N3O5/c1-2-30-21(29)20-17(31-12-18(27)24-15-8-6-13(22)7-9-15)11-19(28)26(25-20)16-5-3-4-14(23)10-16/h3-11H,2,12H2,1H3,(H,24,27). The first-order valence-electron chi connectivity index (χ1n) is 9.13. The molecule has 31 heavy (non-hydrogen) atoms. The zero-order valence-corrected chi connectivity index (χ0v) is 19.5. The molecule has 1 heterocycles. The van der Waals surface area contributed by atoms with E-state index in [2.05, 4.69) is 42.3 Å². The lowest BCUT2D eigenvalue weighted by Gasteiger charge is -2.13. The Balaban J connectivity index is 1.85. The van der Waals surface area contributed by atoms with E-state index < -0.39 is 24.0 Å². The van der Waals surface area contributed by atoms with Gasteiger partial charge in [-0.3, -0.25) is 9.59 Å². The van der Waals surface area contributed by atoms with E-state index in [1.54, 1.807) is 55.5 Å². The molecule has 3 aromatic rings. The predicted molar refractivity (Wildman–Crippen MR) is 122 cm³/mol. The van der Waals surface area contributed by atoms with Crippen LogP contribution in [0.5, 0.6) is 5.75 Å². The smallest absolute Gasteiger partial charge is 0.362 e. The number of nitrogens with one attached hydrogen (secondary N) is 1. The van der Waals surface area contributed by atoms with E-state index in [9.17, 15) is 14.4 Å². The minimum Gasteiger partial charge on any atom is -0.481 e. The highest BCUT2D eigenvalue weighted by molar-refractivity contribution is 9.10. The lowest BCUT2D eigenvalue weighted by atomic mass is 10.3. The lowest BCUT2D eigenvalue weighted by Crippen LogP contribution is -2.27. The molecule has 1 aromatic heterocycles. The maximum absolute atomic E-state index is 12.6. The predicted octanol–water partition coefficient (Wildman–Crippen LogP) is 3.95. The van der Waals surface area contributed by atoms with Crippen molar-refractivity contribution in [2.24, 2.45) is 0 Å². The average Bonchev–Trinajstić information content (AvgIpc) is 2.74. The fourth-order valence-corrected chi connectivity index (χ4v) is 3.21. The molecule has 0 fully saturated rings. The zero-order valence-electron chi connectivity index (χ0n) is 16.3. The number of ether oxygens (including phenoxy) is 2. The maximum Gasteiger partial charge on any atom is 0.362 e. The molecule has 0 aliphatic rings. The van der Waals surface area contributed by atoms with Crippen LogP contribution in [0.4, 0.5) is 5.69 Å². The SMILES string of the molecule is CCOC(=O)c1nn(-c2cccc(Br)c2)c(=O)cc1OCC(=O)Nc1ccc(Br)cc1. The Hall–Kier alpha value is -2.98. The number of esters is 1. The van der Waals surface area contributed by atoms with E-state index in [1.807, 2.05) is 0 Å².